The number of benzene rings is 1. The predicted molar refractivity (Wildman–Crippen MR) is 56.6 cm³/mol. The van der Waals surface area contributed by atoms with Crippen LogP contribution in [0.25, 0.3) is 0 Å². The van der Waals surface area contributed by atoms with E-state index in [1.165, 1.54) is 12.1 Å². The summed E-state index contributed by atoms with van der Waals surface area (Å²) in [5.41, 5.74) is 0.881. The Balaban J connectivity index is 2.53. The first-order valence-corrected chi connectivity index (χ1v) is 4.66. The molecule has 0 aliphatic carbocycles. The van der Waals surface area contributed by atoms with Gasteiger partial charge in [-0.25, -0.2) is 4.39 Å². The third-order valence-electron chi connectivity index (χ3n) is 1.72. The number of rotatable bonds is 3. The fourth-order valence-electron chi connectivity index (χ4n) is 1.01. The van der Waals surface area contributed by atoms with Gasteiger partial charge in [0.25, 0.3) is 0 Å². The lowest BCUT2D eigenvalue weighted by molar-refractivity contribution is 0.626. The van der Waals surface area contributed by atoms with Crippen molar-refractivity contribution in [2.45, 2.75) is 13.5 Å². The van der Waals surface area contributed by atoms with Crippen LogP contribution in [0.4, 0.5) is 4.39 Å². The lowest BCUT2D eigenvalue weighted by Crippen LogP contribution is -2.13. The van der Waals surface area contributed by atoms with Crippen LogP contribution in [0.1, 0.15) is 12.5 Å². The Morgan fingerprint density at radius 1 is 1.50 bits per heavy atom. The number of hydrogen-bond donors (Lipinski definition) is 1. The molecule has 0 saturated heterocycles. The molecule has 0 saturated carbocycles. The van der Waals surface area contributed by atoms with Crippen molar-refractivity contribution >= 4 is 11.6 Å². The maximum Gasteiger partial charge on any atom is 0.124 e. The fourth-order valence-corrected chi connectivity index (χ4v) is 1.25. The van der Waals surface area contributed by atoms with Crippen LogP contribution in [0.15, 0.2) is 18.2 Å². The van der Waals surface area contributed by atoms with Crippen LogP contribution in [0.5, 0.6) is 0 Å². The zero-order chi connectivity index (χ0) is 10.4. The number of hydrogen-bond acceptors (Lipinski definition) is 1. The second-order valence-corrected chi connectivity index (χ2v) is 3.17. The van der Waals surface area contributed by atoms with Crippen LogP contribution >= 0.6 is 11.6 Å². The summed E-state index contributed by atoms with van der Waals surface area (Å²) in [7, 11) is 0. The molecule has 3 heteroatoms. The van der Waals surface area contributed by atoms with Crippen LogP contribution in [-0.4, -0.2) is 6.54 Å². The van der Waals surface area contributed by atoms with E-state index in [0.717, 1.165) is 5.56 Å². The zero-order valence-electron chi connectivity index (χ0n) is 7.90. The van der Waals surface area contributed by atoms with Crippen molar-refractivity contribution in [2.75, 3.05) is 6.54 Å². The minimum Gasteiger partial charge on any atom is -0.302 e. The van der Waals surface area contributed by atoms with Crippen molar-refractivity contribution < 1.29 is 4.39 Å². The first kappa shape index (κ1) is 11.0. The Morgan fingerprint density at radius 3 is 2.93 bits per heavy atom. The van der Waals surface area contributed by atoms with E-state index in [-0.39, 0.29) is 5.82 Å². The summed E-state index contributed by atoms with van der Waals surface area (Å²) in [5.74, 6) is 5.33. The van der Waals surface area contributed by atoms with Crippen molar-refractivity contribution in [1.82, 2.24) is 5.32 Å². The van der Waals surface area contributed by atoms with Crippen molar-refractivity contribution in [3.63, 3.8) is 0 Å². The molecule has 0 aliphatic heterocycles. The van der Waals surface area contributed by atoms with E-state index >= 15 is 0 Å². The van der Waals surface area contributed by atoms with E-state index < -0.39 is 0 Å². The molecule has 1 aromatic rings. The van der Waals surface area contributed by atoms with Crippen LogP contribution in [0, 0.1) is 17.7 Å². The van der Waals surface area contributed by atoms with Gasteiger partial charge in [0.2, 0.25) is 0 Å². The Labute approximate surface area is 88.3 Å². The normalized spacial score (nSPS) is 9.36. The van der Waals surface area contributed by atoms with Crippen LogP contribution < -0.4 is 5.32 Å². The lowest BCUT2D eigenvalue weighted by atomic mass is 10.2. The topological polar surface area (TPSA) is 12.0 Å². The smallest absolute Gasteiger partial charge is 0.124 e. The summed E-state index contributed by atoms with van der Waals surface area (Å²) in [5, 5.41) is 3.53. The van der Waals surface area contributed by atoms with Gasteiger partial charge in [-0.1, -0.05) is 23.6 Å². The molecule has 0 aromatic heterocycles. The molecule has 0 amide bonds. The number of nitrogens with one attached hydrogen (secondary N) is 1. The molecule has 74 valence electrons. The van der Waals surface area contributed by atoms with Crippen molar-refractivity contribution in [1.29, 1.82) is 0 Å². The van der Waals surface area contributed by atoms with Crippen molar-refractivity contribution in [2.24, 2.45) is 0 Å². The Morgan fingerprint density at radius 2 is 2.29 bits per heavy atom. The van der Waals surface area contributed by atoms with Gasteiger partial charge in [-0.2, -0.15) is 0 Å². The maximum absolute atomic E-state index is 12.7. The maximum atomic E-state index is 12.7. The summed E-state index contributed by atoms with van der Waals surface area (Å²) in [6.45, 7) is 3.00. The Hall–Kier alpha value is -1.04. The first-order chi connectivity index (χ1) is 6.74. The van der Waals surface area contributed by atoms with Gasteiger partial charge in [-0.15, -0.1) is 5.92 Å². The molecular weight excluding hydrogens is 201 g/mol. The minimum atomic E-state index is -0.313. The summed E-state index contributed by atoms with van der Waals surface area (Å²) >= 11 is 5.83. The molecule has 0 bridgehead atoms. The van der Waals surface area contributed by atoms with Gasteiger partial charge in [-0.3, -0.25) is 0 Å². The molecule has 0 fully saturated rings. The molecule has 14 heavy (non-hydrogen) atoms. The zero-order valence-corrected chi connectivity index (χ0v) is 8.66. The van der Waals surface area contributed by atoms with Crippen molar-refractivity contribution in [3.8, 4) is 11.8 Å². The van der Waals surface area contributed by atoms with Gasteiger partial charge in [0.05, 0.1) is 6.54 Å². The molecular formula is C11H11ClFN. The molecule has 0 spiro atoms. The highest BCUT2D eigenvalue weighted by molar-refractivity contribution is 6.31. The van der Waals surface area contributed by atoms with E-state index in [0.29, 0.717) is 18.1 Å². The molecule has 1 rings (SSSR count). The van der Waals surface area contributed by atoms with Crippen LogP contribution in [-0.2, 0) is 6.54 Å². The summed E-state index contributed by atoms with van der Waals surface area (Å²) in [6, 6.07) is 4.38. The standard InChI is InChI=1S/C11H11ClFN/c1-2-3-6-14-8-9-4-5-10(13)7-11(9)12/h4-5,7,14H,6,8H2,1H3. The van der Waals surface area contributed by atoms with Crippen LogP contribution in [0.2, 0.25) is 5.02 Å². The monoisotopic (exact) mass is 211 g/mol. The fraction of sp³-hybridized carbons (Fsp3) is 0.273. The van der Waals surface area contributed by atoms with Gasteiger partial charge >= 0.3 is 0 Å². The highest BCUT2D eigenvalue weighted by Crippen LogP contribution is 2.16. The molecule has 1 nitrogen and oxygen atoms in total. The van der Waals surface area contributed by atoms with Gasteiger partial charge in [0.1, 0.15) is 5.82 Å². The Bertz CT molecular complexity index is 365. The molecule has 1 N–H and O–H groups in total. The van der Waals surface area contributed by atoms with Gasteiger partial charge < -0.3 is 5.32 Å². The van der Waals surface area contributed by atoms with Gasteiger partial charge in [-0.05, 0) is 24.6 Å². The second-order valence-electron chi connectivity index (χ2n) is 2.77. The third-order valence-corrected chi connectivity index (χ3v) is 2.07. The summed E-state index contributed by atoms with van der Waals surface area (Å²) in [4.78, 5) is 0. The molecule has 1 aromatic carbocycles. The molecule has 0 radical (unpaired) electrons. The summed E-state index contributed by atoms with van der Waals surface area (Å²) in [6.07, 6.45) is 0. The average molecular weight is 212 g/mol. The van der Waals surface area contributed by atoms with Crippen molar-refractivity contribution in [3.05, 3.63) is 34.6 Å². The number of halogens is 2. The first-order valence-electron chi connectivity index (χ1n) is 4.28. The quantitative estimate of drug-likeness (QED) is 0.599. The van der Waals surface area contributed by atoms with E-state index in [2.05, 4.69) is 17.2 Å². The van der Waals surface area contributed by atoms with E-state index in [1.807, 2.05) is 0 Å². The molecule has 0 heterocycles. The van der Waals surface area contributed by atoms with Gasteiger partial charge in [0, 0.05) is 11.6 Å². The molecule has 0 unspecified atom stereocenters. The molecule has 0 atom stereocenters. The summed E-state index contributed by atoms with van der Waals surface area (Å²) < 4.78 is 12.7. The second kappa shape index (κ2) is 5.64. The third kappa shape index (κ3) is 3.37. The molecule has 0 aliphatic rings. The van der Waals surface area contributed by atoms with E-state index in [1.54, 1.807) is 13.0 Å². The highest BCUT2D eigenvalue weighted by atomic mass is 35.5. The van der Waals surface area contributed by atoms with Crippen LogP contribution in [0.3, 0.4) is 0 Å². The predicted octanol–water partition coefficient (Wildman–Crippen LogP) is 2.59. The van der Waals surface area contributed by atoms with Gasteiger partial charge in [0.15, 0.2) is 0 Å². The SMILES string of the molecule is CC#CCNCc1ccc(F)cc1Cl. The average Bonchev–Trinajstić information content (AvgIpc) is 2.15. The van der Waals surface area contributed by atoms with E-state index in [9.17, 15) is 4.39 Å². The van der Waals surface area contributed by atoms with E-state index in [4.69, 9.17) is 11.6 Å². The largest absolute Gasteiger partial charge is 0.302 e. The lowest BCUT2D eigenvalue weighted by Gasteiger charge is -2.03. The highest BCUT2D eigenvalue weighted by Gasteiger charge is 2.00. The Kier molecular flexibility index (Phi) is 4.45. The minimum absolute atomic E-state index is 0.313.